The molecule has 2 heterocycles. The smallest absolute Gasteiger partial charge is 0.335 e. The molecule has 1 N–H and O–H groups in total. The van der Waals surface area contributed by atoms with E-state index in [2.05, 4.69) is 9.98 Å². The molecule has 0 amide bonds. The normalized spacial score (nSPS) is 15.1. The first-order chi connectivity index (χ1) is 18.6. The highest BCUT2D eigenvalue weighted by Gasteiger charge is 2.25. The molecule has 1 aliphatic heterocycles. The van der Waals surface area contributed by atoms with Crippen LogP contribution in [0.4, 0.5) is 5.69 Å². The number of hydrogen-bond donors (Lipinski definition) is 1. The number of methoxy groups -OCH3 is 1. The number of ether oxygens (including phenoxy) is 2. The molecule has 3 aromatic rings. The molecular weight excluding hydrogens is 522 g/mol. The Morgan fingerprint density at radius 3 is 2.44 bits per heavy atom. The van der Waals surface area contributed by atoms with Crippen molar-refractivity contribution in [3.8, 4) is 5.75 Å². The SMILES string of the molecule is COC(=O)CN1CCC(n2c(=O)[nH]/c(=N\c3ccc(OC(C)C)c(C)c3)n(Cc3ccc(Cl)cc3)c2=O)CC1. The zero-order valence-electron chi connectivity index (χ0n) is 22.6. The largest absolute Gasteiger partial charge is 0.491 e. The van der Waals surface area contributed by atoms with Crippen LogP contribution in [0, 0.1) is 6.92 Å². The van der Waals surface area contributed by atoms with Crippen LogP contribution in [0.1, 0.15) is 43.9 Å². The Labute approximate surface area is 231 Å². The summed E-state index contributed by atoms with van der Waals surface area (Å²) in [6.07, 6.45) is 1.13. The Hall–Kier alpha value is -3.63. The topological polar surface area (TPSA) is 111 Å². The first-order valence-electron chi connectivity index (χ1n) is 13.0. The number of carbonyl (C=O) groups excluding carboxylic acids is 1. The van der Waals surface area contributed by atoms with Crippen LogP contribution in [0.25, 0.3) is 0 Å². The molecule has 1 aliphatic rings. The number of aromatic amines is 1. The number of nitrogens with one attached hydrogen (secondary N) is 1. The van der Waals surface area contributed by atoms with Gasteiger partial charge >= 0.3 is 17.3 Å². The van der Waals surface area contributed by atoms with E-state index in [-0.39, 0.29) is 36.8 Å². The lowest BCUT2D eigenvalue weighted by molar-refractivity contribution is -0.142. The summed E-state index contributed by atoms with van der Waals surface area (Å²) >= 11 is 6.06. The second kappa shape index (κ2) is 12.5. The number of halogens is 1. The molecule has 0 spiro atoms. The molecule has 2 aromatic carbocycles. The van der Waals surface area contributed by atoms with Gasteiger partial charge in [-0.1, -0.05) is 23.7 Å². The zero-order valence-corrected chi connectivity index (χ0v) is 23.4. The van der Waals surface area contributed by atoms with Gasteiger partial charge in [-0.2, -0.15) is 0 Å². The fourth-order valence-corrected chi connectivity index (χ4v) is 4.78. The fraction of sp³-hybridized carbons (Fsp3) is 0.429. The van der Waals surface area contributed by atoms with Gasteiger partial charge in [0.2, 0.25) is 5.62 Å². The molecule has 4 rings (SSSR count). The highest BCUT2D eigenvalue weighted by molar-refractivity contribution is 6.30. The van der Waals surface area contributed by atoms with Crippen LogP contribution in [-0.4, -0.2) is 57.8 Å². The predicted molar refractivity (Wildman–Crippen MR) is 149 cm³/mol. The van der Waals surface area contributed by atoms with Crippen molar-refractivity contribution in [3.05, 3.63) is 85.2 Å². The molecule has 208 valence electrons. The first-order valence-corrected chi connectivity index (χ1v) is 13.3. The molecule has 1 aromatic heterocycles. The Bertz CT molecular complexity index is 1500. The van der Waals surface area contributed by atoms with Crippen molar-refractivity contribution >= 4 is 23.3 Å². The molecule has 0 aliphatic carbocycles. The van der Waals surface area contributed by atoms with Crippen LogP contribution in [-0.2, 0) is 16.1 Å². The molecule has 11 heteroatoms. The van der Waals surface area contributed by atoms with Crippen LogP contribution in [0.15, 0.2) is 57.0 Å². The first kappa shape index (κ1) is 28.4. The van der Waals surface area contributed by atoms with Crippen LogP contribution in [0.5, 0.6) is 5.75 Å². The number of hydrogen-bond acceptors (Lipinski definition) is 7. The summed E-state index contributed by atoms with van der Waals surface area (Å²) in [4.78, 5) is 48.2. The summed E-state index contributed by atoms with van der Waals surface area (Å²) in [5.74, 6) is 0.440. The number of aryl methyl sites for hydroxylation is 1. The minimum Gasteiger partial charge on any atom is -0.491 e. The van der Waals surface area contributed by atoms with Gasteiger partial charge in [0, 0.05) is 24.2 Å². The standard InChI is InChI=1S/C28H34ClN5O5/c1-18(2)39-24-10-9-22(15-19(24)3)30-26-31-27(36)34(23-11-13-32(14-12-23)17-25(35)38-4)28(37)33(26)16-20-5-7-21(29)8-6-20/h5-10,15,18,23H,11-14,16-17H2,1-4H3,(H,30,31,36). The molecule has 0 saturated carbocycles. The van der Waals surface area contributed by atoms with Crippen LogP contribution in [0.3, 0.4) is 0 Å². The molecule has 0 unspecified atom stereocenters. The number of nitrogens with zero attached hydrogens (tertiary/aromatic N) is 4. The van der Waals surface area contributed by atoms with E-state index >= 15 is 0 Å². The number of likely N-dealkylation sites (tertiary alicyclic amines) is 1. The van der Waals surface area contributed by atoms with Gasteiger partial charge in [0.05, 0.1) is 32.0 Å². The average Bonchev–Trinajstić information content (AvgIpc) is 2.89. The van der Waals surface area contributed by atoms with Gasteiger partial charge in [-0.25, -0.2) is 19.1 Å². The summed E-state index contributed by atoms with van der Waals surface area (Å²) in [7, 11) is 1.36. The number of piperidine rings is 1. The maximum Gasteiger partial charge on any atom is 0.335 e. The summed E-state index contributed by atoms with van der Waals surface area (Å²) in [6, 6.07) is 12.3. The summed E-state index contributed by atoms with van der Waals surface area (Å²) in [5.41, 5.74) is 1.49. The number of benzene rings is 2. The molecule has 0 atom stereocenters. The van der Waals surface area contributed by atoms with E-state index in [1.165, 1.54) is 16.2 Å². The fourth-order valence-electron chi connectivity index (χ4n) is 4.65. The molecule has 0 bridgehead atoms. The number of esters is 1. The van der Waals surface area contributed by atoms with E-state index in [1.54, 1.807) is 18.2 Å². The van der Waals surface area contributed by atoms with Crippen molar-refractivity contribution in [2.45, 2.75) is 52.3 Å². The van der Waals surface area contributed by atoms with Crippen LogP contribution >= 0.6 is 11.6 Å². The van der Waals surface area contributed by atoms with Crippen molar-refractivity contribution in [2.75, 3.05) is 26.7 Å². The molecule has 39 heavy (non-hydrogen) atoms. The lowest BCUT2D eigenvalue weighted by Crippen LogP contribution is -2.53. The molecule has 10 nitrogen and oxygen atoms in total. The van der Waals surface area contributed by atoms with Crippen LogP contribution < -0.4 is 21.7 Å². The van der Waals surface area contributed by atoms with E-state index in [9.17, 15) is 14.4 Å². The minimum atomic E-state index is -0.519. The van der Waals surface area contributed by atoms with Gasteiger partial charge in [-0.05, 0) is 75.1 Å². The van der Waals surface area contributed by atoms with Gasteiger partial charge in [0.1, 0.15) is 5.75 Å². The van der Waals surface area contributed by atoms with Crippen molar-refractivity contribution in [2.24, 2.45) is 4.99 Å². The zero-order chi connectivity index (χ0) is 28.1. The maximum absolute atomic E-state index is 13.8. The molecule has 1 saturated heterocycles. The predicted octanol–water partition coefficient (Wildman–Crippen LogP) is 3.18. The molecule has 1 fully saturated rings. The summed E-state index contributed by atoms with van der Waals surface area (Å²) < 4.78 is 13.3. The van der Waals surface area contributed by atoms with Gasteiger partial charge in [0.25, 0.3) is 0 Å². The third-order valence-electron chi connectivity index (χ3n) is 6.64. The van der Waals surface area contributed by atoms with E-state index in [0.29, 0.717) is 36.6 Å². The van der Waals surface area contributed by atoms with E-state index < -0.39 is 11.4 Å². The van der Waals surface area contributed by atoms with E-state index in [4.69, 9.17) is 21.1 Å². The van der Waals surface area contributed by atoms with Gasteiger partial charge in [-0.3, -0.25) is 19.2 Å². The van der Waals surface area contributed by atoms with E-state index in [1.807, 2.05) is 49.9 Å². The van der Waals surface area contributed by atoms with Crippen molar-refractivity contribution < 1.29 is 14.3 Å². The average molecular weight is 556 g/mol. The lowest BCUT2D eigenvalue weighted by Gasteiger charge is -2.31. The van der Waals surface area contributed by atoms with Gasteiger partial charge in [0.15, 0.2) is 0 Å². The highest BCUT2D eigenvalue weighted by atomic mass is 35.5. The number of aromatic nitrogens is 3. The Balaban J connectivity index is 1.74. The summed E-state index contributed by atoms with van der Waals surface area (Å²) in [6.45, 7) is 7.35. The number of H-pyrrole nitrogens is 1. The Morgan fingerprint density at radius 1 is 1.13 bits per heavy atom. The third kappa shape index (κ3) is 7.07. The quantitative estimate of drug-likeness (QED) is 0.427. The minimum absolute atomic E-state index is 0.0318. The molecular formula is C28H34ClN5O5. The molecule has 0 radical (unpaired) electrons. The number of carbonyl (C=O) groups is 1. The van der Waals surface area contributed by atoms with Gasteiger partial charge < -0.3 is 9.47 Å². The second-order valence-corrected chi connectivity index (χ2v) is 10.4. The van der Waals surface area contributed by atoms with E-state index in [0.717, 1.165) is 16.9 Å². The summed E-state index contributed by atoms with van der Waals surface area (Å²) in [5, 5.41) is 0.588. The lowest BCUT2D eigenvalue weighted by atomic mass is 10.1. The maximum atomic E-state index is 13.8. The Kier molecular flexibility index (Phi) is 9.08. The van der Waals surface area contributed by atoms with Crippen LogP contribution in [0.2, 0.25) is 5.02 Å². The van der Waals surface area contributed by atoms with Crippen molar-refractivity contribution in [1.29, 1.82) is 0 Å². The highest BCUT2D eigenvalue weighted by Crippen LogP contribution is 2.24. The number of rotatable bonds is 8. The van der Waals surface area contributed by atoms with Crippen molar-refractivity contribution in [1.82, 2.24) is 19.0 Å². The Morgan fingerprint density at radius 2 is 1.82 bits per heavy atom. The van der Waals surface area contributed by atoms with Crippen molar-refractivity contribution in [3.63, 3.8) is 0 Å². The monoisotopic (exact) mass is 555 g/mol. The van der Waals surface area contributed by atoms with Gasteiger partial charge in [-0.15, -0.1) is 0 Å². The third-order valence-corrected chi connectivity index (χ3v) is 6.89. The second-order valence-electron chi connectivity index (χ2n) is 9.93.